The average molecular weight is 261 g/mol. The summed E-state index contributed by atoms with van der Waals surface area (Å²) in [4.78, 5) is 23.4. The van der Waals surface area contributed by atoms with Crippen molar-refractivity contribution in [2.45, 2.75) is 0 Å². The molecule has 92 valence electrons. The molecule has 0 radical (unpaired) electrons. The summed E-state index contributed by atoms with van der Waals surface area (Å²) in [6.07, 6.45) is 0.698. The van der Waals surface area contributed by atoms with Gasteiger partial charge in [0.15, 0.2) is 6.29 Å². The van der Waals surface area contributed by atoms with Crippen LogP contribution in [0, 0.1) is 0 Å². The van der Waals surface area contributed by atoms with Gasteiger partial charge in [-0.2, -0.15) is 0 Å². The van der Waals surface area contributed by atoms with Gasteiger partial charge in [-0.3, -0.25) is 9.59 Å². The fourth-order valence-electron chi connectivity index (χ4n) is 1.47. The Labute approximate surface area is 108 Å². The first-order valence-corrected chi connectivity index (χ1v) is 6.10. The number of hydrogen-bond acceptors (Lipinski definition) is 4. The second kappa shape index (κ2) is 5.46. The van der Waals surface area contributed by atoms with Crippen LogP contribution < -0.4 is 10.1 Å². The van der Waals surface area contributed by atoms with Gasteiger partial charge in [0.2, 0.25) is 0 Å². The Morgan fingerprint density at radius 2 is 2.22 bits per heavy atom. The zero-order valence-electron chi connectivity index (χ0n) is 9.67. The summed E-state index contributed by atoms with van der Waals surface area (Å²) in [5, 5.41) is 4.52. The van der Waals surface area contributed by atoms with Gasteiger partial charge >= 0.3 is 0 Å². The van der Waals surface area contributed by atoms with Crippen molar-refractivity contribution in [1.29, 1.82) is 0 Å². The second-order valence-electron chi connectivity index (χ2n) is 3.50. The lowest BCUT2D eigenvalue weighted by molar-refractivity contribution is 0.103. The van der Waals surface area contributed by atoms with E-state index in [9.17, 15) is 9.59 Å². The molecule has 18 heavy (non-hydrogen) atoms. The monoisotopic (exact) mass is 261 g/mol. The van der Waals surface area contributed by atoms with Gasteiger partial charge in [-0.25, -0.2) is 0 Å². The number of ether oxygens (including phenoxy) is 1. The summed E-state index contributed by atoms with van der Waals surface area (Å²) in [6.45, 7) is 0. The fraction of sp³-hybridized carbons (Fsp3) is 0.0769. The van der Waals surface area contributed by atoms with Crippen molar-refractivity contribution in [1.82, 2.24) is 0 Å². The zero-order chi connectivity index (χ0) is 13.0. The van der Waals surface area contributed by atoms with Crippen LogP contribution in [0.5, 0.6) is 5.75 Å². The van der Waals surface area contributed by atoms with E-state index in [2.05, 4.69) is 5.32 Å². The van der Waals surface area contributed by atoms with Gasteiger partial charge in [0, 0.05) is 11.6 Å². The highest BCUT2D eigenvalue weighted by Crippen LogP contribution is 2.22. The van der Waals surface area contributed by atoms with Crippen molar-refractivity contribution in [2.24, 2.45) is 0 Å². The number of hydrogen-bond donors (Lipinski definition) is 1. The molecule has 0 aliphatic carbocycles. The number of thiophene rings is 1. The molecule has 0 fully saturated rings. The first kappa shape index (κ1) is 12.3. The van der Waals surface area contributed by atoms with Crippen LogP contribution >= 0.6 is 11.3 Å². The van der Waals surface area contributed by atoms with Crippen LogP contribution in [-0.4, -0.2) is 19.3 Å². The van der Waals surface area contributed by atoms with Crippen LogP contribution in [0.15, 0.2) is 35.7 Å². The van der Waals surface area contributed by atoms with E-state index >= 15 is 0 Å². The standard InChI is InChI=1S/C13H11NO3S/c1-17-10-5-4-9(8-15)11(7-10)14-13(16)12-3-2-6-18-12/h2-8H,1H3,(H,14,16). The van der Waals surface area contributed by atoms with Gasteiger partial charge in [-0.1, -0.05) is 6.07 Å². The number of rotatable bonds is 4. The fourth-order valence-corrected chi connectivity index (χ4v) is 2.08. The molecule has 0 aliphatic rings. The molecule has 0 bridgehead atoms. The molecule has 4 nitrogen and oxygen atoms in total. The maximum absolute atomic E-state index is 11.9. The van der Waals surface area contributed by atoms with E-state index in [1.54, 1.807) is 30.3 Å². The molecule has 1 heterocycles. The van der Waals surface area contributed by atoms with Crippen molar-refractivity contribution in [3.8, 4) is 5.75 Å². The number of nitrogens with one attached hydrogen (secondary N) is 1. The Bertz CT molecular complexity index is 564. The van der Waals surface area contributed by atoms with E-state index in [1.165, 1.54) is 18.4 Å². The van der Waals surface area contributed by atoms with Crippen molar-refractivity contribution in [2.75, 3.05) is 12.4 Å². The highest BCUT2D eigenvalue weighted by molar-refractivity contribution is 7.12. The van der Waals surface area contributed by atoms with Crippen molar-refractivity contribution in [3.63, 3.8) is 0 Å². The SMILES string of the molecule is COc1ccc(C=O)c(NC(=O)c2cccs2)c1. The Morgan fingerprint density at radius 3 is 2.83 bits per heavy atom. The minimum atomic E-state index is -0.235. The molecule has 2 aromatic rings. The molecular weight excluding hydrogens is 250 g/mol. The highest BCUT2D eigenvalue weighted by atomic mass is 32.1. The molecule has 0 aliphatic heterocycles. The van der Waals surface area contributed by atoms with Gasteiger partial charge in [0.05, 0.1) is 17.7 Å². The van der Waals surface area contributed by atoms with Gasteiger partial charge < -0.3 is 10.1 Å². The third kappa shape index (κ3) is 2.57. The summed E-state index contributed by atoms with van der Waals surface area (Å²) in [5.74, 6) is 0.350. The molecule has 0 unspecified atom stereocenters. The first-order valence-electron chi connectivity index (χ1n) is 5.22. The zero-order valence-corrected chi connectivity index (χ0v) is 10.5. The van der Waals surface area contributed by atoms with E-state index in [-0.39, 0.29) is 5.91 Å². The van der Waals surface area contributed by atoms with Crippen LogP contribution in [0.2, 0.25) is 0 Å². The maximum atomic E-state index is 11.9. The topological polar surface area (TPSA) is 55.4 Å². The average Bonchev–Trinajstić information content (AvgIpc) is 2.92. The van der Waals surface area contributed by atoms with E-state index in [1.807, 2.05) is 5.38 Å². The quantitative estimate of drug-likeness (QED) is 0.861. The summed E-state index contributed by atoms with van der Waals surface area (Å²) >= 11 is 1.34. The van der Waals surface area contributed by atoms with Crippen molar-refractivity contribution >= 4 is 29.2 Å². The van der Waals surface area contributed by atoms with Gasteiger partial charge in [-0.05, 0) is 23.6 Å². The van der Waals surface area contributed by atoms with Crippen LogP contribution in [0.25, 0.3) is 0 Å². The molecule has 1 N–H and O–H groups in total. The Hall–Kier alpha value is -2.14. The van der Waals surface area contributed by atoms with Gasteiger partial charge in [0.1, 0.15) is 5.75 Å². The normalized spacial score (nSPS) is 9.83. The van der Waals surface area contributed by atoms with Crippen molar-refractivity contribution < 1.29 is 14.3 Å². The molecule has 5 heteroatoms. The number of aldehydes is 1. The Kier molecular flexibility index (Phi) is 3.74. The number of carbonyl (C=O) groups is 2. The maximum Gasteiger partial charge on any atom is 0.265 e. The number of anilines is 1. The molecule has 1 amide bonds. The molecule has 0 spiro atoms. The third-order valence-corrected chi connectivity index (χ3v) is 3.25. The minimum Gasteiger partial charge on any atom is -0.497 e. The molecule has 0 atom stereocenters. The largest absolute Gasteiger partial charge is 0.497 e. The predicted octanol–water partition coefficient (Wildman–Crippen LogP) is 2.82. The number of benzene rings is 1. The van der Waals surface area contributed by atoms with E-state index in [0.717, 1.165) is 0 Å². The lowest BCUT2D eigenvalue weighted by atomic mass is 10.2. The van der Waals surface area contributed by atoms with Gasteiger partial charge in [0.25, 0.3) is 5.91 Å². The number of carbonyl (C=O) groups excluding carboxylic acids is 2. The van der Waals surface area contributed by atoms with E-state index < -0.39 is 0 Å². The van der Waals surface area contributed by atoms with Gasteiger partial charge in [-0.15, -0.1) is 11.3 Å². The summed E-state index contributed by atoms with van der Waals surface area (Å²) in [5.41, 5.74) is 0.864. The summed E-state index contributed by atoms with van der Waals surface area (Å²) < 4.78 is 5.06. The van der Waals surface area contributed by atoms with Crippen LogP contribution in [-0.2, 0) is 0 Å². The summed E-state index contributed by atoms with van der Waals surface area (Å²) in [6, 6.07) is 8.42. The molecule has 0 saturated heterocycles. The van der Waals surface area contributed by atoms with Crippen LogP contribution in [0.1, 0.15) is 20.0 Å². The third-order valence-electron chi connectivity index (χ3n) is 2.38. The Morgan fingerprint density at radius 1 is 1.39 bits per heavy atom. The van der Waals surface area contributed by atoms with E-state index in [4.69, 9.17) is 4.74 Å². The predicted molar refractivity (Wildman–Crippen MR) is 70.7 cm³/mol. The molecule has 2 rings (SSSR count). The molecule has 1 aromatic heterocycles. The molecule has 0 saturated carbocycles. The van der Waals surface area contributed by atoms with Crippen LogP contribution in [0.3, 0.4) is 0 Å². The smallest absolute Gasteiger partial charge is 0.265 e. The highest BCUT2D eigenvalue weighted by Gasteiger charge is 2.10. The first-order chi connectivity index (χ1) is 8.74. The minimum absolute atomic E-state index is 0.235. The van der Waals surface area contributed by atoms with Crippen molar-refractivity contribution in [3.05, 3.63) is 46.2 Å². The van der Waals surface area contributed by atoms with E-state index in [0.29, 0.717) is 28.2 Å². The molecule has 1 aromatic carbocycles. The summed E-state index contributed by atoms with van der Waals surface area (Å²) in [7, 11) is 1.53. The number of methoxy groups -OCH3 is 1. The number of amides is 1. The molecular formula is C13H11NO3S. The second-order valence-corrected chi connectivity index (χ2v) is 4.45. The van der Waals surface area contributed by atoms with Crippen LogP contribution in [0.4, 0.5) is 5.69 Å². The lowest BCUT2D eigenvalue weighted by Crippen LogP contribution is -2.11. The Balaban J connectivity index is 2.27. The lowest BCUT2D eigenvalue weighted by Gasteiger charge is -2.08.